The van der Waals surface area contributed by atoms with Gasteiger partial charge in [0.1, 0.15) is 0 Å². The molecule has 0 spiro atoms. The van der Waals surface area contributed by atoms with Crippen molar-refractivity contribution in [1.29, 1.82) is 0 Å². The van der Waals surface area contributed by atoms with Crippen LogP contribution in [-0.2, 0) is 13.0 Å². The molecule has 132 valence electrons. The molecule has 6 heteroatoms. The van der Waals surface area contributed by atoms with Crippen molar-refractivity contribution < 1.29 is 0 Å². The van der Waals surface area contributed by atoms with E-state index < -0.39 is 0 Å². The molecule has 24 heavy (non-hydrogen) atoms. The molecule has 0 amide bonds. The zero-order chi connectivity index (χ0) is 16.7. The third-order valence-electron chi connectivity index (χ3n) is 3.67. The minimum atomic E-state index is 0. The standard InChI is InChI=1S/C18H26N4S.HI/c1-13(2)17-22-16(12-23-17)9-10-20-18(19-4)21-11-15-8-6-5-7-14(15)3;/h5-8,12-13H,9-11H2,1-4H3,(H2,19,20,21);1H. The summed E-state index contributed by atoms with van der Waals surface area (Å²) in [6.07, 6.45) is 0.911. The first-order chi connectivity index (χ1) is 11.1. The van der Waals surface area contributed by atoms with Gasteiger partial charge in [-0.05, 0) is 18.1 Å². The monoisotopic (exact) mass is 458 g/mol. The van der Waals surface area contributed by atoms with Crippen LogP contribution < -0.4 is 10.6 Å². The van der Waals surface area contributed by atoms with Crippen LogP contribution in [0.2, 0.25) is 0 Å². The molecular weight excluding hydrogens is 431 g/mol. The number of nitrogens with zero attached hydrogens (tertiary/aromatic N) is 2. The summed E-state index contributed by atoms with van der Waals surface area (Å²) in [6.45, 7) is 8.09. The van der Waals surface area contributed by atoms with E-state index in [9.17, 15) is 0 Å². The van der Waals surface area contributed by atoms with E-state index in [2.05, 4.69) is 71.0 Å². The van der Waals surface area contributed by atoms with Crippen LogP contribution in [0.3, 0.4) is 0 Å². The highest BCUT2D eigenvalue weighted by molar-refractivity contribution is 14.0. The number of thiazole rings is 1. The first-order valence-electron chi connectivity index (χ1n) is 8.03. The van der Waals surface area contributed by atoms with Crippen LogP contribution in [0, 0.1) is 6.92 Å². The van der Waals surface area contributed by atoms with Gasteiger partial charge in [0.25, 0.3) is 0 Å². The number of hydrogen-bond acceptors (Lipinski definition) is 3. The van der Waals surface area contributed by atoms with Crippen LogP contribution in [0.5, 0.6) is 0 Å². The molecule has 4 nitrogen and oxygen atoms in total. The number of aryl methyl sites for hydroxylation is 1. The lowest BCUT2D eigenvalue weighted by Crippen LogP contribution is -2.38. The second-order valence-corrected chi connectivity index (χ2v) is 6.75. The third kappa shape index (κ3) is 6.39. The Labute approximate surface area is 166 Å². The van der Waals surface area contributed by atoms with Gasteiger partial charge in [-0.3, -0.25) is 4.99 Å². The van der Waals surface area contributed by atoms with Gasteiger partial charge < -0.3 is 10.6 Å². The predicted octanol–water partition coefficient (Wildman–Crippen LogP) is 4.10. The fourth-order valence-electron chi connectivity index (χ4n) is 2.22. The van der Waals surface area contributed by atoms with Gasteiger partial charge in [0.15, 0.2) is 5.96 Å². The molecule has 1 aromatic carbocycles. The topological polar surface area (TPSA) is 49.3 Å². The van der Waals surface area contributed by atoms with E-state index in [0.29, 0.717) is 5.92 Å². The maximum absolute atomic E-state index is 4.66. The average molecular weight is 458 g/mol. The Morgan fingerprint density at radius 1 is 1.25 bits per heavy atom. The summed E-state index contributed by atoms with van der Waals surface area (Å²) in [5.41, 5.74) is 3.73. The first kappa shape index (κ1) is 20.9. The molecule has 1 aromatic heterocycles. The van der Waals surface area contributed by atoms with Crippen LogP contribution in [0.25, 0.3) is 0 Å². The normalized spacial score (nSPS) is 11.3. The molecule has 2 aromatic rings. The average Bonchev–Trinajstić information content (AvgIpc) is 3.01. The molecule has 0 saturated heterocycles. The van der Waals surface area contributed by atoms with E-state index in [1.807, 2.05) is 0 Å². The number of halogens is 1. The van der Waals surface area contributed by atoms with Crippen molar-refractivity contribution in [2.75, 3.05) is 13.6 Å². The maximum Gasteiger partial charge on any atom is 0.191 e. The molecule has 0 saturated carbocycles. The van der Waals surface area contributed by atoms with Gasteiger partial charge in [0.05, 0.1) is 10.7 Å². The molecule has 0 atom stereocenters. The predicted molar refractivity (Wildman–Crippen MR) is 115 cm³/mol. The summed E-state index contributed by atoms with van der Waals surface area (Å²) in [5, 5.41) is 10.1. The number of aliphatic imine (C=N–C) groups is 1. The van der Waals surface area contributed by atoms with Crippen molar-refractivity contribution in [2.24, 2.45) is 4.99 Å². The van der Waals surface area contributed by atoms with Gasteiger partial charge in [0.2, 0.25) is 0 Å². The summed E-state index contributed by atoms with van der Waals surface area (Å²) in [4.78, 5) is 8.93. The Kier molecular flexibility index (Phi) is 9.28. The highest BCUT2D eigenvalue weighted by Crippen LogP contribution is 2.19. The number of nitrogens with one attached hydrogen (secondary N) is 2. The number of rotatable bonds is 6. The van der Waals surface area contributed by atoms with E-state index in [1.165, 1.54) is 16.1 Å². The second-order valence-electron chi connectivity index (χ2n) is 5.86. The van der Waals surface area contributed by atoms with E-state index in [4.69, 9.17) is 0 Å². The van der Waals surface area contributed by atoms with Gasteiger partial charge >= 0.3 is 0 Å². The van der Waals surface area contributed by atoms with Crippen molar-refractivity contribution >= 4 is 41.3 Å². The van der Waals surface area contributed by atoms with Crippen LogP contribution >= 0.6 is 35.3 Å². The summed E-state index contributed by atoms with van der Waals surface area (Å²) < 4.78 is 0. The fourth-order valence-corrected chi connectivity index (χ4v) is 3.09. The molecule has 1 heterocycles. The summed E-state index contributed by atoms with van der Waals surface area (Å²) in [6, 6.07) is 8.39. The Bertz CT molecular complexity index is 652. The Hall–Kier alpha value is -1.15. The van der Waals surface area contributed by atoms with Crippen molar-refractivity contribution in [3.8, 4) is 0 Å². The number of benzene rings is 1. The lowest BCUT2D eigenvalue weighted by atomic mass is 10.1. The van der Waals surface area contributed by atoms with Crippen LogP contribution in [0.15, 0.2) is 34.6 Å². The molecule has 0 radical (unpaired) electrons. The fraction of sp³-hybridized carbons (Fsp3) is 0.444. The zero-order valence-electron chi connectivity index (χ0n) is 14.8. The SMILES string of the molecule is CN=C(NCCc1csc(C(C)C)n1)NCc1ccccc1C.I. The van der Waals surface area contributed by atoms with Crippen molar-refractivity contribution in [3.05, 3.63) is 51.5 Å². The minimum Gasteiger partial charge on any atom is -0.356 e. The maximum atomic E-state index is 4.66. The molecule has 0 unspecified atom stereocenters. The molecule has 2 N–H and O–H groups in total. The van der Waals surface area contributed by atoms with Gasteiger partial charge in [-0.25, -0.2) is 4.98 Å². The molecule has 2 rings (SSSR count). The van der Waals surface area contributed by atoms with Gasteiger partial charge in [-0.1, -0.05) is 38.1 Å². The lowest BCUT2D eigenvalue weighted by molar-refractivity contribution is 0.776. The number of guanidine groups is 1. The quantitative estimate of drug-likeness (QED) is 0.389. The van der Waals surface area contributed by atoms with E-state index >= 15 is 0 Å². The third-order valence-corrected chi connectivity index (χ3v) is 4.86. The van der Waals surface area contributed by atoms with Crippen LogP contribution in [0.1, 0.15) is 41.6 Å². The van der Waals surface area contributed by atoms with Crippen LogP contribution in [-0.4, -0.2) is 24.5 Å². The van der Waals surface area contributed by atoms with E-state index in [-0.39, 0.29) is 24.0 Å². The molecule has 0 aliphatic rings. The highest BCUT2D eigenvalue weighted by Gasteiger charge is 2.06. The highest BCUT2D eigenvalue weighted by atomic mass is 127. The Balaban J connectivity index is 0.00000288. The molecule has 0 aliphatic heterocycles. The summed E-state index contributed by atoms with van der Waals surface area (Å²) in [7, 11) is 1.80. The van der Waals surface area contributed by atoms with Gasteiger partial charge in [-0.2, -0.15) is 0 Å². The largest absolute Gasteiger partial charge is 0.356 e. The van der Waals surface area contributed by atoms with Crippen molar-refractivity contribution in [3.63, 3.8) is 0 Å². The molecule has 0 aliphatic carbocycles. The number of hydrogen-bond donors (Lipinski definition) is 2. The van der Waals surface area contributed by atoms with Crippen molar-refractivity contribution in [2.45, 2.75) is 39.7 Å². The molecule has 0 fully saturated rings. The van der Waals surface area contributed by atoms with E-state index in [1.54, 1.807) is 18.4 Å². The number of aromatic nitrogens is 1. The summed E-state index contributed by atoms with van der Waals surface area (Å²) in [5.74, 6) is 1.33. The summed E-state index contributed by atoms with van der Waals surface area (Å²) >= 11 is 1.75. The second kappa shape index (κ2) is 10.7. The minimum absolute atomic E-state index is 0. The van der Waals surface area contributed by atoms with Gasteiger partial charge in [-0.15, -0.1) is 35.3 Å². The van der Waals surface area contributed by atoms with E-state index in [0.717, 1.165) is 31.2 Å². The smallest absolute Gasteiger partial charge is 0.191 e. The molecular formula is C18H27IN4S. The Morgan fingerprint density at radius 2 is 2.00 bits per heavy atom. The van der Waals surface area contributed by atoms with Gasteiger partial charge in [0, 0.05) is 37.9 Å². The Morgan fingerprint density at radius 3 is 2.62 bits per heavy atom. The lowest BCUT2D eigenvalue weighted by Gasteiger charge is -2.12. The molecule has 0 bridgehead atoms. The van der Waals surface area contributed by atoms with Crippen LogP contribution in [0.4, 0.5) is 0 Å². The zero-order valence-corrected chi connectivity index (χ0v) is 17.9. The first-order valence-corrected chi connectivity index (χ1v) is 8.91. The van der Waals surface area contributed by atoms with Crippen molar-refractivity contribution in [1.82, 2.24) is 15.6 Å².